The summed E-state index contributed by atoms with van der Waals surface area (Å²) in [5, 5.41) is 0. The highest BCUT2D eigenvalue weighted by Crippen LogP contribution is 2.25. The fourth-order valence-corrected chi connectivity index (χ4v) is 13.5. The van der Waals surface area contributed by atoms with E-state index in [2.05, 4.69) is 40.3 Å². The number of nitrogens with zero attached hydrogens (tertiary/aromatic N) is 2. The van der Waals surface area contributed by atoms with E-state index in [1.165, 1.54) is 73.2 Å². The molecule has 9 heteroatoms. The molecule has 2 heterocycles. The van der Waals surface area contributed by atoms with E-state index in [9.17, 15) is 0 Å². The van der Waals surface area contributed by atoms with Gasteiger partial charge in [0.1, 0.15) is 26.2 Å². The van der Waals surface area contributed by atoms with Crippen LogP contribution < -0.4 is 48.0 Å². The minimum atomic E-state index is -1.57. The molecule has 0 aromatic heterocycles. The van der Waals surface area contributed by atoms with Crippen molar-refractivity contribution < 1.29 is 70.5 Å². The zero-order chi connectivity index (χ0) is 20.0. The predicted molar refractivity (Wildman–Crippen MR) is 118 cm³/mol. The highest BCUT2D eigenvalue weighted by atomic mass is 127. The number of quaternary nitrogens is 2. The maximum atomic E-state index is 6.88. The lowest BCUT2D eigenvalue weighted by atomic mass is 10.3. The maximum Gasteiger partial charge on any atom is 0.173 e. The molecular weight excluding hydrogens is 626 g/mol. The van der Waals surface area contributed by atoms with Gasteiger partial charge in [-0.25, -0.2) is 0 Å². The topological polar surface area (TPSA) is 27.7 Å². The Morgan fingerprint density at radius 2 is 0.966 bits per heavy atom. The summed E-state index contributed by atoms with van der Waals surface area (Å²) in [4.78, 5) is 0. The van der Waals surface area contributed by atoms with Crippen LogP contribution in [0.25, 0.3) is 0 Å². The molecule has 0 aromatic carbocycles. The summed E-state index contributed by atoms with van der Waals surface area (Å²) in [5.41, 5.74) is 0. The molecule has 0 atom stereocenters. The zero-order valence-electron chi connectivity index (χ0n) is 19.8. The number of halogens is 2. The average molecular weight is 673 g/mol. The van der Waals surface area contributed by atoms with Crippen LogP contribution in [0, 0.1) is 0 Å². The molecule has 0 aromatic rings. The second-order valence-electron chi connectivity index (χ2n) is 10.6. The molecule has 0 unspecified atom stereocenters. The Hall–Kier alpha value is 1.69. The number of likely N-dealkylation sites (N-methyl/N-ethyl adjacent to an activating group) is 2. The van der Waals surface area contributed by atoms with Gasteiger partial charge in [0.25, 0.3) is 0 Å². The molecule has 0 N–H and O–H groups in total. The Morgan fingerprint density at radius 3 is 1.28 bits per heavy atom. The Morgan fingerprint density at radius 1 is 0.655 bits per heavy atom. The molecule has 2 fully saturated rings. The number of hydrogen-bond acceptors (Lipinski definition) is 3. The van der Waals surface area contributed by atoms with Crippen LogP contribution in [-0.2, 0) is 13.6 Å². The van der Waals surface area contributed by atoms with Gasteiger partial charge in [-0.05, 0) is 51.1 Å². The first-order chi connectivity index (χ1) is 12.5. The number of rotatable bonds is 10. The molecule has 2 rings (SSSR count). The lowest BCUT2D eigenvalue weighted by Gasteiger charge is -2.40. The standard InChI is InChI=1S/C20H46N2O3Si2.2HI/c1-21(11-15-23-16-12-21)9-7-19-26(3,4)25-27(5,6)20-8-10-22(2)13-17-24-18-14-22;;/h7-20H2,1-6H3;2*1H/q+2;;/p-2. The molecule has 2 aliphatic rings. The first-order valence-corrected chi connectivity index (χ1v) is 17.3. The van der Waals surface area contributed by atoms with Crippen molar-refractivity contribution in [3.63, 3.8) is 0 Å². The van der Waals surface area contributed by atoms with Gasteiger partial charge in [0, 0.05) is 0 Å². The highest BCUT2D eigenvalue weighted by molar-refractivity contribution is 6.84. The molecule has 29 heavy (non-hydrogen) atoms. The van der Waals surface area contributed by atoms with Gasteiger partial charge >= 0.3 is 0 Å². The van der Waals surface area contributed by atoms with Crippen molar-refractivity contribution in [1.29, 1.82) is 0 Å². The first-order valence-electron chi connectivity index (χ1n) is 11.1. The van der Waals surface area contributed by atoms with Crippen molar-refractivity contribution in [2.75, 3.05) is 79.8 Å². The van der Waals surface area contributed by atoms with Crippen LogP contribution >= 0.6 is 0 Å². The van der Waals surface area contributed by atoms with E-state index in [0.717, 1.165) is 26.4 Å². The Labute approximate surface area is 216 Å². The van der Waals surface area contributed by atoms with Gasteiger partial charge in [-0.2, -0.15) is 0 Å². The molecule has 0 bridgehead atoms. The van der Waals surface area contributed by atoms with E-state index < -0.39 is 16.6 Å². The predicted octanol–water partition coefficient (Wildman–Crippen LogP) is -2.84. The molecule has 2 aliphatic heterocycles. The van der Waals surface area contributed by atoms with Crippen molar-refractivity contribution in [2.45, 2.75) is 51.1 Å². The van der Waals surface area contributed by atoms with Crippen LogP contribution in [0.15, 0.2) is 0 Å². The summed E-state index contributed by atoms with van der Waals surface area (Å²) < 4.78 is 20.3. The van der Waals surface area contributed by atoms with E-state index in [1.807, 2.05) is 0 Å². The van der Waals surface area contributed by atoms with Gasteiger partial charge in [0.2, 0.25) is 0 Å². The maximum absolute atomic E-state index is 6.88. The summed E-state index contributed by atoms with van der Waals surface area (Å²) in [6.07, 6.45) is 2.60. The van der Waals surface area contributed by atoms with Gasteiger partial charge in [0.05, 0.1) is 53.6 Å². The van der Waals surface area contributed by atoms with Gasteiger partial charge in [0.15, 0.2) is 16.6 Å². The van der Waals surface area contributed by atoms with Gasteiger partial charge in [-0.3, -0.25) is 0 Å². The van der Waals surface area contributed by atoms with Crippen LogP contribution in [0.3, 0.4) is 0 Å². The van der Waals surface area contributed by atoms with Crippen molar-refractivity contribution in [3.8, 4) is 0 Å². The third-order valence-corrected chi connectivity index (χ3v) is 14.1. The Kier molecular flexibility index (Phi) is 14.2. The number of ether oxygens (including phenoxy) is 2. The third kappa shape index (κ3) is 11.9. The van der Waals surface area contributed by atoms with Crippen molar-refractivity contribution >= 4 is 16.6 Å². The molecule has 0 spiro atoms. The van der Waals surface area contributed by atoms with Crippen LogP contribution in [-0.4, -0.2) is 105 Å². The first kappa shape index (κ1) is 30.7. The van der Waals surface area contributed by atoms with Crippen LogP contribution in [0.2, 0.25) is 38.3 Å². The fourth-order valence-electron chi connectivity index (χ4n) is 4.64. The third-order valence-electron chi connectivity index (χ3n) is 6.61. The average Bonchev–Trinajstić information content (AvgIpc) is 2.54. The Balaban J connectivity index is 0.00000392. The van der Waals surface area contributed by atoms with Crippen molar-refractivity contribution in [1.82, 2.24) is 0 Å². The van der Waals surface area contributed by atoms with Crippen LogP contribution in [0.4, 0.5) is 0 Å². The lowest BCUT2D eigenvalue weighted by Crippen LogP contribution is -3.00. The monoisotopic (exact) mass is 672 g/mol. The van der Waals surface area contributed by atoms with E-state index in [-0.39, 0.29) is 48.0 Å². The normalized spacial score (nSPS) is 21.7. The molecular formula is C20H46I2N2O3Si2. The summed E-state index contributed by atoms with van der Waals surface area (Å²) in [5.74, 6) is 0. The molecule has 0 aliphatic carbocycles. The number of morpholine rings is 2. The summed E-state index contributed by atoms with van der Waals surface area (Å²) >= 11 is 0. The van der Waals surface area contributed by atoms with E-state index in [1.54, 1.807) is 0 Å². The second kappa shape index (κ2) is 13.4. The number of hydrogen-bond donors (Lipinski definition) is 0. The van der Waals surface area contributed by atoms with Gasteiger partial charge < -0.3 is 70.5 Å². The molecule has 0 saturated carbocycles. The van der Waals surface area contributed by atoms with E-state index >= 15 is 0 Å². The summed E-state index contributed by atoms with van der Waals surface area (Å²) in [6.45, 7) is 20.7. The molecule has 176 valence electrons. The van der Waals surface area contributed by atoms with Crippen molar-refractivity contribution in [3.05, 3.63) is 0 Å². The quantitative estimate of drug-likeness (QED) is 0.142. The van der Waals surface area contributed by atoms with E-state index in [4.69, 9.17) is 13.6 Å². The summed E-state index contributed by atoms with van der Waals surface area (Å²) in [7, 11) is 1.65. The minimum absolute atomic E-state index is 0. The lowest BCUT2D eigenvalue weighted by molar-refractivity contribution is -0.916. The Bertz CT molecular complexity index is 419. The van der Waals surface area contributed by atoms with E-state index in [0.29, 0.717) is 0 Å². The minimum Gasteiger partial charge on any atom is -1.00 e. The van der Waals surface area contributed by atoms with Gasteiger partial charge in [-0.1, -0.05) is 0 Å². The fraction of sp³-hybridized carbons (Fsp3) is 1.00. The SMILES string of the molecule is C[N+]1(CCC[Si](C)(C)O[Si](C)(C)CCC[N+]2(C)CCOCC2)CCOCC1.[I-].[I-]. The second-order valence-corrected chi connectivity index (χ2v) is 19.5. The molecule has 5 nitrogen and oxygen atoms in total. The van der Waals surface area contributed by atoms with Crippen LogP contribution in [0.1, 0.15) is 12.8 Å². The smallest absolute Gasteiger partial charge is 0.173 e. The van der Waals surface area contributed by atoms with Crippen LogP contribution in [0.5, 0.6) is 0 Å². The molecule has 2 saturated heterocycles. The largest absolute Gasteiger partial charge is 1.00 e. The molecule has 0 amide bonds. The van der Waals surface area contributed by atoms with Crippen molar-refractivity contribution in [2.24, 2.45) is 0 Å². The molecule has 0 radical (unpaired) electrons. The van der Waals surface area contributed by atoms with Gasteiger partial charge in [-0.15, -0.1) is 0 Å². The summed E-state index contributed by atoms with van der Waals surface area (Å²) in [6, 6.07) is 2.59. The highest BCUT2D eigenvalue weighted by Gasteiger charge is 2.35. The zero-order valence-corrected chi connectivity index (χ0v) is 26.1.